The number of allylic oxidation sites excluding steroid dienone is 1. The standard InChI is InChI=1S/C8H11NO2/c9-5-6-2-1-3-7(4-6)8(10)11/h1-2,4,7H,3,5,9H2,(H,10,11). The molecule has 0 amide bonds. The first-order valence-electron chi connectivity index (χ1n) is 3.54. The molecule has 0 radical (unpaired) electrons. The van der Waals surface area contributed by atoms with Crippen LogP contribution in [0.1, 0.15) is 6.42 Å². The van der Waals surface area contributed by atoms with Crippen LogP contribution in [0.3, 0.4) is 0 Å². The number of hydrogen-bond acceptors (Lipinski definition) is 2. The fourth-order valence-corrected chi connectivity index (χ4v) is 1.06. The number of carboxylic acid groups (broad SMARTS) is 1. The zero-order valence-electron chi connectivity index (χ0n) is 6.16. The highest BCUT2D eigenvalue weighted by molar-refractivity contribution is 5.73. The molecule has 0 bridgehead atoms. The average Bonchev–Trinajstić information content (AvgIpc) is 2.05. The van der Waals surface area contributed by atoms with Crippen LogP contribution in [-0.2, 0) is 4.79 Å². The molecule has 0 saturated heterocycles. The summed E-state index contributed by atoms with van der Waals surface area (Å²) in [6, 6.07) is 0. The monoisotopic (exact) mass is 153 g/mol. The molecule has 0 spiro atoms. The molecule has 60 valence electrons. The molecule has 1 rings (SSSR count). The van der Waals surface area contributed by atoms with Gasteiger partial charge in [0.1, 0.15) is 0 Å². The Bertz CT molecular complexity index is 218. The van der Waals surface area contributed by atoms with E-state index in [1.807, 2.05) is 12.2 Å². The molecule has 3 nitrogen and oxygen atoms in total. The van der Waals surface area contributed by atoms with E-state index in [1.165, 1.54) is 0 Å². The van der Waals surface area contributed by atoms with Crippen LogP contribution in [0.15, 0.2) is 23.8 Å². The van der Waals surface area contributed by atoms with E-state index in [4.69, 9.17) is 10.8 Å². The summed E-state index contributed by atoms with van der Waals surface area (Å²) in [6.07, 6.45) is 6.02. The van der Waals surface area contributed by atoms with Crippen LogP contribution in [0.25, 0.3) is 0 Å². The quantitative estimate of drug-likeness (QED) is 0.608. The van der Waals surface area contributed by atoms with E-state index in [2.05, 4.69) is 0 Å². The molecule has 0 aromatic rings. The molecule has 0 aromatic carbocycles. The second-order valence-corrected chi connectivity index (χ2v) is 2.53. The number of hydrogen-bond donors (Lipinski definition) is 2. The first-order valence-corrected chi connectivity index (χ1v) is 3.54. The van der Waals surface area contributed by atoms with Gasteiger partial charge < -0.3 is 10.8 Å². The van der Waals surface area contributed by atoms with Crippen molar-refractivity contribution in [1.82, 2.24) is 0 Å². The molecule has 3 heteroatoms. The van der Waals surface area contributed by atoms with E-state index in [-0.39, 0.29) is 5.92 Å². The van der Waals surface area contributed by atoms with Crippen LogP contribution in [-0.4, -0.2) is 17.6 Å². The smallest absolute Gasteiger partial charge is 0.310 e. The molecule has 0 aliphatic heterocycles. The Labute approximate surface area is 65.2 Å². The first kappa shape index (κ1) is 8.01. The van der Waals surface area contributed by atoms with Crippen molar-refractivity contribution in [2.75, 3.05) is 6.54 Å². The Morgan fingerprint density at radius 3 is 3.09 bits per heavy atom. The zero-order chi connectivity index (χ0) is 8.27. The second kappa shape index (κ2) is 3.34. The van der Waals surface area contributed by atoms with Crippen LogP contribution < -0.4 is 5.73 Å². The lowest BCUT2D eigenvalue weighted by atomic mass is 9.96. The van der Waals surface area contributed by atoms with E-state index in [0.717, 1.165) is 5.57 Å². The number of nitrogens with two attached hydrogens (primary N) is 1. The maximum Gasteiger partial charge on any atom is 0.310 e. The van der Waals surface area contributed by atoms with E-state index in [1.54, 1.807) is 6.08 Å². The Balaban J connectivity index is 2.68. The van der Waals surface area contributed by atoms with Gasteiger partial charge in [-0.05, 0) is 12.0 Å². The van der Waals surface area contributed by atoms with Gasteiger partial charge in [-0.2, -0.15) is 0 Å². The van der Waals surface area contributed by atoms with Crippen LogP contribution in [0.4, 0.5) is 0 Å². The van der Waals surface area contributed by atoms with Gasteiger partial charge in [-0.15, -0.1) is 0 Å². The number of carbonyl (C=O) groups is 1. The van der Waals surface area contributed by atoms with Crippen molar-refractivity contribution < 1.29 is 9.90 Å². The molecule has 1 aliphatic carbocycles. The zero-order valence-corrected chi connectivity index (χ0v) is 6.16. The van der Waals surface area contributed by atoms with Crippen molar-refractivity contribution in [3.05, 3.63) is 23.8 Å². The Kier molecular flexibility index (Phi) is 2.44. The Hall–Kier alpha value is -1.09. The van der Waals surface area contributed by atoms with E-state index in [0.29, 0.717) is 13.0 Å². The summed E-state index contributed by atoms with van der Waals surface area (Å²) >= 11 is 0. The predicted molar refractivity (Wildman–Crippen MR) is 42.0 cm³/mol. The normalized spacial score (nSPS) is 23.0. The first-order chi connectivity index (χ1) is 5.24. The highest BCUT2D eigenvalue weighted by atomic mass is 16.4. The third-order valence-corrected chi connectivity index (χ3v) is 1.69. The second-order valence-electron chi connectivity index (χ2n) is 2.53. The summed E-state index contributed by atoms with van der Waals surface area (Å²) in [4.78, 5) is 10.5. The Morgan fingerprint density at radius 1 is 1.82 bits per heavy atom. The van der Waals surface area contributed by atoms with Gasteiger partial charge in [0.15, 0.2) is 0 Å². The number of rotatable bonds is 2. The minimum Gasteiger partial charge on any atom is -0.481 e. The largest absolute Gasteiger partial charge is 0.481 e. The predicted octanol–water partition coefficient (Wildman–Crippen LogP) is 0.532. The molecule has 0 fully saturated rings. The van der Waals surface area contributed by atoms with Gasteiger partial charge in [0.05, 0.1) is 5.92 Å². The van der Waals surface area contributed by atoms with Crippen molar-refractivity contribution in [3.8, 4) is 0 Å². The number of carboxylic acids is 1. The van der Waals surface area contributed by atoms with Crippen LogP contribution >= 0.6 is 0 Å². The molecular weight excluding hydrogens is 142 g/mol. The minimum absolute atomic E-state index is 0.376. The SMILES string of the molecule is NCC1=CC(C(=O)O)CC=C1. The third kappa shape index (κ3) is 1.91. The Morgan fingerprint density at radius 2 is 2.55 bits per heavy atom. The van der Waals surface area contributed by atoms with Crippen molar-refractivity contribution in [2.45, 2.75) is 6.42 Å². The van der Waals surface area contributed by atoms with Gasteiger partial charge in [-0.3, -0.25) is 4.79 Å². The summed E-state index contributed by atoms with van der Waals surface area (Å²) in [5.74, 6) is -1.15. The maximum atomic E-state index is 10.5. The van der Waals surface area contributed by atoms with Crippen LogP contribution in [0.2, 0.25) is 0 Å². The summed E-state index contributed by atoms with van der Waals surface area (Å²) < 4.78 is 0. The van der Waals surface area contributed by atoms with Crippen LogP contribution in [0, 0.1) is 5.92 Å². The highest BCUT2D eigenvalue weighted by Crippen LogP contribution is 2.15. The van der Waals surface area contributed by atoms with Crippen molar-refractivity contribution in [2.24, 2.45) is 11.7 Å². The molecule has 0 saturated carbocycles. The summed E-state index contributed by atoms with van der Waals surface area (Å²) in [5, 5.41) is 8.63. The van der Waals surface area contributed by atoms with Gasteiger partial charge in [0.2, 0.25) is 0 Å². The molecule has 0 aromatic heterocycles. The average molecular weight is 153 g/mol. The summed E-state index contributed by atoms with van der Waals surface area (Å²) in [7, 11) is 0. The maximum absolute atomic E-state index is 10.5. The lowest BCUT2D eigenvalue weighted by Crippen LogP contribution is -2.15. The molecule has 1 aliphatic rings. The van der Waals surface area contributed by atoms with Crippen molar-refractivity contribution in [1.29, 1.82) is 0 Å². The van der Waals surface area contributed by atoms with E-state index < -0.39 is 5.97 Å². The van der Waals surface area contributed by atoms with Crippen LogP contribution in [0.5, 0.6) is 0 Å². The van der Waals surface area contributed by atoms with E-state index >= 15 is 0 Å². The van der Waals surface area contributed by atoms with Crippen molar-refractivity contribution in [3.63, 3.8) is 0 Å². The molecule has 1 atom stereocenters. The molecular formula is C8H11NO2. The fraction of sp³-hybridized carbons (Fsp3) is 0.375. The van der Waals surface area contributed by atoms with Gasteiger partial charge >= 0.3 is 5.97 Å². The van der Waals surface area contributed by atoms with Gasteiger partial charge in [-0.1, -0.05) is 18.2 Å². The highest BCUT2D eigenvalue weighted by Gasteiger charge is 2.15. The van der Waals surface area contributed by atoms with Gasteiger partial charge in [0, 0.05) is 6.54 Å². The van der Waals surface area contributed by atoms with E-state index in [9.17, 15) is 4.79 Å². The third-order valence-electron chi connectivity index (χ3n) is 1.69. The van der Waals surface area contributed by atoms with Gasteiger partial charge in [0.25, 0.3) is 0 Å². The van der Waals surface area contributed by atoms with Gasteiger partial charge in [-0.25, -0.2) is 0 Å². The fourth-order valence-electron chi connectivity index (χ4n) is 1.06. The molecule has 0 heterocycles. The minimum atomic E-state index is -0.777. The molecule has 3 N–H and O–H groups in total. The van der Waals surface area contributed by atoms with Crippen molar-refractivity contribution >= 4 is 5.97 Å². The summed E-state index contributed by atoms with van der Waals surface area (Å²) in [6.45, 7) is 0.417. The lowest BCUT2D eigenvalue weighted by molar-refractivity contribution is -0.140. The molecule has 1 unspecified atom stereocenters. The number of aliphatic carboxylic acids is 1. The summed E-state index contributed by atoms with van der Waals surface area (Å²) in [5.41, 5.74) is 6.26. The topological polar surface area (TPSA) is 63.3 Å². The lowest BCUT2D eigenvalue weighted by Gasteiger charge is -2.10. The molecule has 11 heavy (non-hydrogen) atoms.